The fourth-order valence-electron chi connectivity index (χ4n) is 3.69. The maximum Gasteiger partial charge on any atom is 0.272 e. The van der Waals surface area contributed by atoms with Gasteiger partial charge in [0.15, 0.2) is 0 Å². The van der Waals surface area contributed by atoms with Gasteiger partial charge in [-0.25, -0.2) is 0 Å². The highest BCUT2D eigenvalue weighted by Crippen LogP contribution is 2.22. The average molecular weight is 586 g/mol. The molecule has 7 nitrogen and oxygen atoms in total. The Balaban J connectivity index is 1.37. The lowest BCUT2D eigenvalue weighted by atomic mass is 10.1. The Bertz CT molecular complexity index is 1530. The minimum atomic E-state index is -0.496. The quantitative estimate of drug-likeness (QED) is 0.132. The second-order valence-corrected chi connectivity index (χ2v) is 10.2. The van der Waals surface area contributed by atoms with Gasteiger partial charge in [-0.1, -0.05) is 41.9 Å². The largest absolute Gasteiger partial charge is 0.494 e. The Kier molecular flexibility index (Phi) is 10.6. The molecule has 0 spiro atoms. The Labute approximate surface area is 248 Å². The Morgan fingerprint density at radius 3 is 2.20 bits per heavy atom. The second kappa shape index (κ2) is 14.7. The molecule has 0 aromatic heterocycles. The van der Waals surface area contributed by atoms with E-state index in [4.69, 9.17) is 16.3 Å². The van der Waals surface area contributed by atoms with Crippen LogP contribution in [0.4, 0.5) is 11.4 Å². The molecule has 0 heterocycles. The third-order valence-corrected chi connectivity index (χ3v) is 6.87. The standard InChI is InChI=1S/C32H28ClN3O4S/c1-2-40-27-15-11-25(12-16-27)34-30(37)21-41-28-17-13-26(14-18-28)35-32(39)29(20-22-7-6-10-24(33)19-22)36-31(38)23-8-4-3-5-9-23/h3-20H,2,21H2,1H3,(H,34,37)(H,35,39)(H,36,38)/b29-20-. The van der Waals surface area contributed by atoms with Gasteiger partial charge in [-0.15, -0.1) is 11.8 Å². The monoisotopic (exact) mass is 585 g/mol. The predicted octanol–water partition coefficient (Wildman–Crippen LogP) is 6.88. The summed E-state index contributed by atoms with van der Waals surface area (Å²) in [5.74, 6) is -0.0791. The van der Waals surface area contributed by atoms with Crippen molar-refractivity contribution in [2.45, 2.75) is 11.8 Å². The minimum Gasteiger partial charge on any atom is -0.494 e. The zero-order valence-electron chi connectivity index (χ0n) is 22.2. The van der Waals surface area contributed by atoms with Gasteiger partial charge in [-0.2, -0.15) is 0 Å². The first-order chi connectivity index (χ1) is 19.9. The molecule has 0 radical (unpaired) electrons. The molecule has 0 unspecified atom stereocenters. The summed E-state index contributed by atoms with van der Waals surface area (Å²) < 4.78 is 5.41. The van der Waals surface area contributed by atoms with Crippen LogP contribution in [0.2, 0.25) is 5.02 Å². The molecule has 3 amide bonds. The van der Waals surface area contributed by atoms with Gasteiger partial charge >= 0.3 is 0 Å². The topological polar surface area (TPSA) is 96.5 Å². The first kappa shape index (κ1) is 29.5. The Morgan fingerprint density at radius 1 is 0.829 bits per heavy atom. The molecule has 208 valence electrons. The summed E-state index contributed by atoms with van der Waals surface area (Å²) >= 11 is 7.48. The van der Waals surface area contributed by atoms with Gasteiger partial charge in [0.1, 0.15) is 11.4 Å². The van der Waals surface area contributed by atoms with E-state index in [2.05, 4.69) is 16.0 Å². The summed E-state index contributed by atoms with van der Waals surface area (Å²) in [6.07, 6.45) is 1.56. The van der Waals surface area contributed by atoms with Gasteiger partial charge in [0.25, 0.3) is 11.8 Å². The van der Waals surface area contributed by atoms with E-state index in [9.17, 15) is 14.4 Å². The fraction of sp³-hybridized carbons (Fsp3) is 0.0938. The van der Waals surface area contributed by atoms with E-state index in [0.29, 0.717) is 34.1 Å². The number of ether oxygens (including phenoxy) is 1. The summed E-state index contributed by atoms with van der Waals surface area (Å²) in [7, 11) is 0. The molecule has 0 saturated heterocycles. The summed E-state index contributed by atoms with van der Waals surface area (Å²) in [4.78, 5) is 39.2. The Hall–Kier alpha value is -4.53. The van der Waals surface area contributed by atoms with Crippen LogP contribution in [-0.4, -0.2) is 30.1 Å². The molecular weight excluding hydrogens is 558 g/mol. The molecule has 0 aliphatic carbocycles. The minimum absolute atomic E-state index is 0.0607. The van der Waals surface area contributed by atoms with Crippen molar-refractivity contribution < 1.29 is 19.1 Å². The van der Waals surface area contributed by atoms with E-state index in [1.165, 1.54) is 11.8 Å². The number of nitrogens with one attached hydrogen (secondary N) is 3. The lowest BCUT2D eigenvalue weighted by Gasteiger charge is -2.12. The number of hydrogen-bond acceptors (Lipinski definition) is 5. The van der Waals surface area contributed by atoms with Crippen LogP contribution in [0.25, 0.3) is 6.08 Å². The van der Waals surface area contributed by atoms with Gasteiger partial charge in [-0.3, -0.25) is 14.4 Å². The third-order valence-electron chi connectivity index (χ3n) is 5.62. The number of thioether (sulfide) groups is 1. The lowest BCUT2D eigenvalue weighted by molar-refractivity contribution is -0.114. The number of amides is 3. The van der Waals surface area contributed by atoms with Crippen molar-refractivity contribution >= 4 is 58.5 Å². The van der Waals surface area contributed by atoms with E-state index >= 15 is 0 Å². The predicted molar refractivity (Wildman–Crippen MR) is 165 cm³/mol. The summed E-state index contributed by atoms with van der Waals surface area (Å²) in [5.41, 5.74) is 2.37. The van der Waals surface area contributed by atoms with Crippen LogP contribution in [0.5, 0.6) is 5.75 Å². The van der Waals surface area contributed by atoms with Crippen molar-refractivity contribution in [2.75, 3.05) is 23.0 Å². The van der Waals surface area contributed by atoms with Crippen molar-refractivity contribution in [3.05, 3.63) is 125 Å². The maximum absolute atomic E-state index is 13.2. The first-order valence-corrected chi connectivity index (χ1v) is 14.2. The molecule has 0 aliphatic heterocycles. The number of rotatable bonds is 11. The van der Waals surface area contributed by atoms with Crippen molar-refractivity contribution in [3.63, 3.8) is 0 Å². The van der Waals surface area contributed by atoms with Gasteiger partial charge in [0.05, 0.1) is 12.4 Å². The van der Waals surface area contributed by atoms with Crippen molar-refractivity contribution in [3.8, 4) is 5.75 Å². The van der Waals surface area contributed by atoms with Crippen LogP contribution in [0.15, 0.2) is 114 Å². The molecular formula is C32H28ClN3O4S. The molecule has 0 atom stereocenters. The number of benzene rings is 4. The molecule has 4 aromatic carbocycles. The zero-order chi connectivity index (χ0) is 29.0. The summed E-state index contributed by atoms with van der Waals surface area (Å²) in [6.45, 7) is 2.49. The van der Waals surface area contributed by atoms with Crippen LogP contribution in [0.3, 0.4) is 0 Å². The Morgan fingerprint density at radius 2 is 1.51 bits per heavy atom. The maximum atomic E-state index is 13.2. The third kappa shape index (κ3) is 9.27. The number of halogens is 1. The van der Waals surface area contributed by atoms with Crippen molar-refractivity contribution in [2.24, 2.45) is 0 Å². The number of hydrogen-bond donors (Lipinski definition) is 3. The molecule has 4 rings (SSSR count). The molecule has 3 N–H and O–H groups in total. The molecule has 0 fully saturated rings. The molecule has 4 aromatic rings. The van der Waals surface area contributed by atoms with Crippen molar-refractivity contribution in [1.82, 2.24) is 5.32 Å². The average Bonchev–Trinajstić information content (AvgIpc) is 2.98. The summed E-state index contributed by atoms with van der Waals surface area (Å²) in [5, 5.41) is 8.89. The van der Waals surface area contributed by atoms with Crippen LogP contribution < -0.4 is 20.7 Å². The highest BCUT2D eigenvalue weighted by atomic mass is 35.5. The van der Waals surface area contributed by atoms with Gasteiger partial charge in [0, 0.05) is 26.9 Å². The zero-order valence-corrected chi connectivity index (χ0v) is 23.8. The SMILES string of the molecule is CCOc1ccc(NC(=O)CSc2ccc(NC(=O)/C(=C/c3cccc(Cl)c3)NC(=O)c3ccccc3)cc2)cc1. The molecule has 0 aliphatic rings. The van der Waals surface area contributed by atoms with Gasteiger partial charge < -0.3 is 20.7 Å². The van der Waals surface area contributed by atoms with Crippen LogP contribution in [0.1, 0.15) is 22.8 Å². The highest BCUT2D eigenvalue weighted by molar-refractivity contribution is 8.00. The highest BCUT2D eigenvalue weighted by Gasteiger charge is 2.15. The van der Waals surface area contributed by atoms with E-state index in [-0.39, 0.29) is 17.4 Å². The van der Waals surface area contributed by atoms with E-state index in [0.717, 1.165) is 10.6 Å². The first-order valence-electron chi connectivity index (χ1n) is 12.8. The van der Waals surface area contributed by atoms with Gasteiger partial charge in [0.2, 0.25) is 5.91 Å². The van der Waals surface area contributed by atoms with E-state index < -0.39 is 11.8 Å². The van der Waals surface area contributed by atoms with Crippen LogP contribution >= 0.6 is 23.4 Å². The molecule has 0 bridgehead atoms. The van der Waals surface area contributed by atoms with E-state index in [1.54, 1.807) is 78.9 Å². The van der Waals surface area contributed by atoms with E-state index in [1.807, 2.05) is 37.3 Å². The smallest absolute Gasteiger partial charge is 0.272 e. The molecule has 9 heteroatoms. The number of carbonyl (C=O) groups excluding carboxylic acids is 3. The van der Waals surface area contributed by atoms with Gasteiger partial charge in [-0.05, 0) is 91.4 Å². The van der Waals surface area contributed by atoms with Crippen LogP contribution in [-0.2, 0) is 9.59 Å². The van der Waals surface area contributed by atoms with Crippen LogP contribution in [0, 0.1) is 0 Å². The number of carbonyl (C=O) groups is 3. The molecule has 41 heavy (non-hydrogen) atoms. The number of anilines is 2. The van der Waals surface area contributed by atoms with Crippen molar-refractivity contribution in [1.29, 1.82) is 0 Å². The second-order valence-electron chi connectivity index (χ2n) is 8.71. The normalized spacial score (nSPS) is 10.9. The fourth-order valence-corrected chi connectivity index (χ4v) is 4.58. The summed E-state index contributed by atoms with van der Waals surface area (Å²) in [6, 6.07) is 29.9. The molecule has 0 saturated carbocycles. The lowest BCUT2D eigenvalue weighted by Crippen LogP contribution is -2.30.